The van der Waals surface area contributed by atoms with Gasteiger partial charge >= 0.3 is 0 Å². The van der Waals surface area contributed by atoms with Crippen molar-refractivity contribution in [2.24, 2.45) is 47.1 Å². The normalized spacial score (nSPS) is 19.4. The van der Waals surface area contributed by atoms with Gasteiger partial charge in [-0.25, -0.2) is 29.9 Å². The smallest absolute Gasteiger partial charge is 0.235 e. The Bertz CT molecular complexity index is 4400. The van der Waals surface area contributed by atoms with Gasteiger partial charge in [0, 0.05) is 132 Å². The summed E-state index contributed by atoms with van der Waals surface area (Å²) in [6, 6.07) is 53.2. The summed E-state index contributed by atoms with van der Waals surface area (Å²) >= 11 is 0. The molecule has 3 saturated heterocycles. The number of aromatic nitrogens is 6. The Hall–Kier alpha value is -11.1. The number of hydrogen-bond acceptors (Lipinski definition) is 26. The highest BCUT2D eigenvalue weighted by molar-refractivity contribution is 5.85. The van der Waals surface area contributed by atoms with Crippen LogP contribution in [0.3, 0.4) is 0 Å². The molecule has 0 unspecified atom stereocenters. The molecular weight excluding hydrogens is 1380 g/mol. The molecule has 14 rings (SSSR count). The van der Waals surface area contributed by atoms with Gasteiger partial charge in [0.05, 0.1) is 48.0 Å². The Kier molecular flexibility index (Phi) is 27.5. The number of Topliss-reactive ketones (excluding diaryl/α,β-unsaturated/α-hetero) is 2. The zero-order valence-electron chi connectivity index (χ0n) is 61.8. The third kappa shape index (κ3) is 23.2. The number of nitrogens with one attached hydrogen (secondary N) is 3. The lowest BCUT2D eigenvalue weighted by Crippen LogP contribution is -2.59. The second-order valence-electron chi connectivity index (χ2n) is 28.5. The highest BCUT2D eigenvalue weighted by Crippen LogP contribution is 2.27. The zero-order valence-corrected chi connectivity index (χ0v) is 61.8. The highest BCUT2D eigenvalue weighted by Gasteiger charge is 2.34. The van der Waals surface area contributed by atoms with Crippen molar-refractivity contribution in [1.82, 2.24) is 60.6 Å². The predicted molar refractivity (Wildman–Crippen MR) is 413 cm³/mol. The largest absolute Gasteiger partial charge is 0.508 e. The first kappa shape index (κ1) is 77.5. The monoisotopic (exact) mass is 1470 g/mol. The van der Waals surface area contributed by atoms with Gasteiger partial charge in [-0.05, 0) is 186 Å². The van der Waals surface area contributed by atoms with Gasteiger partial charge in [0.1, 0.15) is 34.7 Å². The number of nitrogens with zero attached hydrogens (tertiary/aromatic N) is 17. The van der Waals surface area contributed by atoms with Crippen LogP contribution in [0.15, 0.2) is 224 Å². The van der Waals surface area contributed by atoms with E-state index in [9.17, 15) is 29.7 Å². The molecule has 0 aliphatic carbocycles. The van der Waals surface area contributed by atoms with E-state index in [1.165, 1.54) is 33.4 Å². The van der Waals surface area contributed by atoms with Gasteiger partial charge in [-0.1, -0.05) is 91.0 Å². The zero-order chi connectivity index (χ0) is 75.9. The summed E-state index contributed by atoms with van der Waals surface area (Å²) in [5, 5.41) is 67.7. The van der Waals surface area contributed by atoms with Crippen LogP contribution in [-0.4, -0.2) is 165 Å². The summed E-state index contributed by atoms with van der Waals surface area (Å²) in [5.74, 6) is 3.19. The Labute approximate surface area is 634 Å². The molecule has 6 aromatic carbocycles. The summed E-state index contributed by atoms with van der Waals surface area (Å²) in [6.45, 7) is 12.8. The molecule has 0 bridgehead atoms. The fraction of sp³-hybridized carbons (Fsp3) is 0.378. The first-order valence-corrected chi connectivity index (χ1v) is 37.5. The maximum atomic E-state index is 12.8. The number of ketones is 2. The molecule has 27 nitrogen and oxygen atoms in total. The van der Waals surface area contributed by atoms with E-state index in [0.29, 0.717) is 37.8 Å². The Morgan fingerprint density at radius 3 is 1.01 bits per heavy atom. The lowest BCUT2D eigenvalue weighted by atomic mass is 10.0. The number of carbonyl (C=O) groups excluding carboxylic acids is 3. The molecule has 3 aromatic heterocycles. The SMILES string of the molecule is C[C@H]1CN[C@@H](C(=O)CC2N=NN=N2)CN1Cc1cccc(-c2ccnc(CCCc3ccc(O)cc3)n2)c1.C[C@H]1CN[C@@H](C(N)=O)CN1Cc1cccc(-c2ccnc(CCCc3ccc(O)cc3)n2)c1.C[C@H]1CN[C@H](C(=O)CC2N=NN=N2)CN1Cc1cccc(-c2ccnc(CCCc3ccc(O)cc3)n2)c1. The second-order valence-corrected chi connectivity index (χ2v) is 28.5. The molecule has 5 aliphatic heterocycles. The van der Waals surface area contributed by atoms with E-state index in [0.717, 1.165) is 148 Å². The minimum atomic E-state index is -0.487. The number of hydrogen-bond donors (Lipinski definition) is 7. The van der Waals surface area contributed by atoms with Crippen molar-refractivity contribution in [1.29, 1.82) is 0 Å². The minimum Gasteiger partial charge on any atom is -0.508 e. The summed E-state index contributed by atoms with van der Waals surface area (Å²) in [4.78, 5) is 72.0. The van der Waals surface area contributed by atoms with Crippen LogP contribution in [0.25, 0.3) is 33.8 Å². The molecule has 6 atom stereocenters. The molecule has 0 saturated carbocycles. The van der Waals surface area contributed by atoms with Crippen molar-refractivity contribution in [3.63, 3.8) is 0 Å². The van der Waals surface area contributed by atoms with Crippen LogP contribution in [0.2, 0.25) is 0 Å². The van der Waals surface area contributed by atoms with E-state index < -0.39 is 12.3 Å². The Morgan fingerprint density at radius 1 is 0.394 bits per heavy atom. The van der Waals surface area contributed by atoms with E-state index in [1.807, 2.05) is 73.2 Å². The number of aryl methyl sites for hydroxylation is 6. The van der Waals surface area contributed by atoms with E-state index in [4.69, 9.17) is 20.7 Å². The van der Waals surface area contributed by atoms with Gasteiger partial charge < -0.3 is 37.0 Å². The predicted octanol–water partition coefficient (Wildman–Crippen LogP) is 11.3. The van der Waals surface area contributed by atoms with Gasteiger partial charge in [0.2, 0.25) is 5.91 Å². The number of aromatic hydroxyl groups is 3. The van der Waals surface area contributed by atoms with Crippen molar-refractivity contribution in [3.05, 3.63) is 233 Å². The number of amides is 1. The van der Waals surface area contributed by atoms with Crippen LogP contribution in [0.4, 0.5) is 0 Å². The number of rotatable bonds is 28. The molecule has 8 heterocycles. The average Bonchev–Trinajstić information content (AvgIpc) is 1.82. The van der Waals surface area contributed by atoms with Crippen molar-refractivity contribution >= 4 is 17.5 Å². The fourth-order valence-electron chi connectivity index (χ4n) is 13.8. The summed E-state index contributed by atoms with van der Waals surface area (Å²) in [5.41, 5.74) is 18.5. The van der Waals surface area contributed by atoms with Gasteiger partial charge in [-0.3, -0.25) is 29.1 Å². The second kappa shape index (κ2) is 38.6. The number of phenols is 3. The van der Waals surface area contributed by atoms with Crippen LogP contribution in [0.5, 0.6) is 17.2 Å². The Balaban J connectivity index is 0.000000153. The van der Waals surface area contributed by atoms with Crippen molar-refractivity contribution in [2.45, 2.75) is 160 Å². The number of nitrogens with two attached hydrogens (primary N) is 1. The van der Waals surface area contributed by atoms with Crippen LogP contribution < -0.4 is 21.7 Å². The minimum absolute atomic E-state index is 0.0828. The van der Waals surface area contributed by atoms with Crippen LogP contribution in [0, 0.1) is 0 Å². The van der Waals surface area contributed by atoms with Gasteiger partial charge in [-0.2, -0.15) is 0 Å². The first-order chi connectivity index (χ1) is 53.0. The number of piperazine rings is 3. The lowest BCUT2D eigenvalue weighted by molar-refractivity contribution is -0.123. The van der Waals surface area contributed by atoms with Crippen molar-refractivity contribution in [3.8, 4) is 51.0 Å². The van der Waals surface area contributed by atoms with Gasteiger partial charge in [0.25, 0.3) is 0 Å². The van der Waals surface area contributed by atoms with Crippen LogP contribution in [0.1, 0.15) is 104 Å². The molecule has 0 spiro atoms. The molecule has 564 valence electrons. The molecule has 0 radical (unpaired) electrons. The maximum Gasteiger partial charge on any atom is 0.235 e. The van der Waals surface area contributed by atoms with E-state index >= 15 is 0 Å². The van der Waals surface area contributed by atoms with Crippen LogP contribution in [-0.2, 0) is 72.5 Å². The first-order valence-electron chi connectivity index (χ1n) is 37.5. The standard InChI is InChI=1S/2C28H32N8O2.C26H31N5O2/c2*1-19-16-30-25(26(38)15-28-32-34-35-33-28)18-36(19)17-21-5-2-6-22(14-21)24-12-13-29-27(31-24)7-3-4-20-8-10-23(37)11-9-20;1-18-15-29-24(26(27)33)17-31(18)16-20-5-2-6-21(14-20)23-12-13-28-25(30-23)7-3-4-19-8-10-22(32)11-9-19/h2*2,5-6,8-14,19,25,28,30,37H,3-4,7,15-18H2,1H3;2,5-6,8-14,18,24,29,32H,3-4,7,15-17H2,1H3,(H2,27,33)/t19-,25+;19-,25-;18-,24+/m000/s1. The summed E-state index contributed by atoms with van der Waals surface area (Å²) < 4.78 is 0. The summed E-state index contributed by atoms with van der Waals surface area (Å²) in [6.07, 6.45) is 12.8. The fourth-order valence-corrected chi connectivity index (χ4v) is 13.8. The average molecular weight is 1470 g/mol. The Morgan fingerprint density at radius 2 is 0.697 bits per heavy atom. The number of phenolic OH excluding ortho intramolecular Hbond substituents is 3. The molecule has 8 N–H and O–H groups in total. The molecule has 1 amide bonds. The molecule has 5 aliphatic rings. The van der Waals surface area contributed by atoms with Gasteiger partial charge in [0.15, 0.2) is 23.9 Å². The molecular formula is C82H95N21O6. The van der Waals surface area contributed by atoms with Crippen molar-refractivity contribution in [2.75, 3.05) is 39.3 Å². The highest BCUT2D eigenvalue weighted by atomic mass is 16.3. The third-order valence-electron chi connectivity index (χ3n) is 20.2. The molecule has 3 fully saturated rings. The number of primary amides is 1. The quantitative estimate of drug-likeness (QED) is 0.0239. The third-order valence-corrected chi connectivity index (χ3v) is 20.2. The molecule has 9 aromatic rings. The maximum absolute atomic E-state index is 12.8. The summed E-state index contributed by atoms with van der Waals surface area (Å²) in [7, 11) is 0. The number of benzene rings is 6. The molecule has 109 heavy (non-hydrogen) atoms. The van der Waals surface area contributed by atoms with E-state index in [-0.39, 0.29) is 65.7 Å². The van der Waals surface area contributed by atoms with Crippen LogP contribution >= 0.6 is 0 Å². The topological polar surface area (TPSA) is 360 Å². The number of carbonyl (C=O) groups is 3. The van der Waals surface area contributed by atoms with E-state index in [2.05, 4.69) is 181 Å². The lowest BCUT2D eigenvalue weighted by Gasteiger charge is -2.38. The van der Waals surface area contributed by atoms with Crippen molar-refractivity contribution < 1.29 is 29.7 Å². The van der Waals surface area contributed by atoms with E-state index in [1.54, 1.807) is 36.4 Å². The molecule has 27 heteroatoms. The van der Waals surface area contributed by atoms with Gasteiger partial charge in [-0.15, -0.1) is 20.5 Å².